The summed E-state index contributed by atoms with van der Waals surface area (Å²) in [4.78, 5) is 0. The molecular formula is C10H16Li2. The van der Waals surface area contributed by atoms with E-state index in [0.29, 0.717) is 0 Å². The Morgan fingerprint density at radius 2 is 1.50 bits per heavy atom. The zero-order valence-electron chi connectivity index (χ0n) is 10.5. The number of hydrogen-bond donors (Lipinski definition) is 0. The summed E-state index contributed by atoms with van der Waals surface area (Å²) in [5, 5.41) is 0. The minimum absolute atomic E-state index is 0. The molecule has 12 heavy (non-hydrogen) atoms. The van der Waals surface area contributed by atoms with Crippen molar-refractivity contribution in [1.29, 1.82) is 0 Å². The van der Waals surface area contributed by atoms with E-state index in [4.69, 9.17) is 0 Å². The Morgan fingerprint density at radius 3 is 1.75 bits per heavy atom. The molecule has 2 heteroatoms. The van der Waals surface area contributed by atoms with Crippen molar-refractivity contribution < 1.29 is 40.6 Å². The number of rotatable bonds is 1. The van der Waals surface area contributed by atoms with Crippen LogP contribution in [0.5, 0.6) is 0 Å². The van der Waals surface area contributed by atoms with Gasteiger partial charge < -0.3 is 2.85 Å². The van der Waals surface area contributed by atoms with Crippen LogP contribution < -0.4 is 37.7 Å². The predicted octanol–water partition coefficient (Wildman–Crippen LogP) is -2.72. The van der Waals surface area contributed by atoms with Crippen molar-refractivity contribution in [3.05, 3.63) is 49.1 Å². The summed E-state index contributed by atoms with van der Waals surface area (Å²) >= 11 is 0. The molecule has 0 spiro atoms. The molecule has 0 N–H and O–H groups in total. The van der Waals surface area contributed by atoms with Crippen LogP contribution >= 0.6 is 0 Å². The maximum atomic E-state index is 3.00. The van der Waals surface area contributed by atoms with E-state index >= 15 is 0 Å². The fraction of sp³-hybridized carbons (Fsp3) is 0.200. The average Bonchev–Trinajstić information content (AvgIpc) is 2.10. The first-order valence-electron chi connectivity index (χ1n) is 3.47. The molecule has 58 valence electrons. The van der Waals surface area contributed by atoms with Crippen molar-refractivity contribution in [3.63, 3.8) is 0 Å². The maximum absolute atomic E-state index is 3.00. The van der Waals surface area contributed by atoms with Crippen molar-refractivity contribution in [2.45, 2.75) is 13.3 Å². The first-order valence-corrected chi connectivity index (χ1v) is 3.47. The summed E-state index contributed by atoms with van der Waals surface area (Å²) in [6.07, 6.45) is 1.14. The monoisotopic (exact) mass is 150 g/mol. The van der Waals surface area contributed by atoms with Gasteiger partial charge in [-0.05, 0) is 12.0 Å². The van der Waals surface area contributed by atoms with Gasteiger partial charge in [0.1, 0.15) is 0 Å². The molecule has 1 aromatic carbocycles. The Labute approximate surface area is 103 Å². The topological polar surface area (TPSA) is 0 Å². The van der Waals surface area contributed by atoms with Crippen molar-refractivity contribution >= 4 is 0 Å². The smallest absolute Gasteiger partial charge is 1.00 e. The summed E-state index contributed by atoms with van der Waals surface area (Å²) in [7, 11) is 0. The second-order valence-electron chi connectivity index (χ2n) is 1.84. The average molecular weight is 150 g/mol. The van der Waals surface area contributed by atoms with Gasteiger partial charge in [0, 0.05) is 0 Å². The third-order valence-electron chi connectivity index (χ3n) is 1.25. The van der Waals surface area contributed by atoms with Crippen LogP contribution in [0.15, 0.2) is 43.5 Å². The van der Waals surface area contributed by atoms with Crippen molar-refractivity contribution in [2.24, 2.45) is 0 Å². The summed E-state index contributed by atoms with van der Waals surface area (Å²) in [6, 6.07) is 10.5. The van der Waals surface area contributed by atoms with Crippen LogP contribution in [0, 0.1) is 0 Å². The third-order valence-corrected chi connectivity index (χ3v) is 1.25. The molecule has 0 bridgehead atoms. The van der Waals surface area contributed by atoms with E-state index < -0.39 is 0 Å². The number of aryl methyl sites for hydroxylation is 1. The minimum Gasteiger partial charge on any atom is -1.00 e. The van der Waals surface area contributed by atoms with Crippen LogP contribution in [0.2, 0.25) is 0 Å². The second kappa shape index (κ2) is 13.7. The molecule has 0 radical (unpaired) electrons. The zero-order valence-corrected chi connectivity index (χ0v) is 8.51. The summed E-state index contributed by atoms with van der Waals surface area (Å²) < 4.78 is 0. The van der Waals surface area contributed by atoms with Gasteiger partial charge in [-0.15, -0.1) is 13.2 Å². The van der Waals surface area contributed by atoms with E-state index in [1.807, 2.05) is 6.07 Å². The van der Waals surface area contributed by atoms with E-state index in [0.717, 1.165) is 6.42 Å². The van der Waals surface area contributed by atoms with Crippen molar-refractivity contribution in [1.82, 2.24) is 0 Å². The molecule has 0 aliphatic rings. The summed E-state index contributed by atoms with van der Waals surface area (Å²) in [5.41, 5.74) is 1.41. The molecule has 0 fully saturated rings. The second-order valence-corrected chi connectivity index (χ2v) is 1.84. The van der Waals surface area contributed by atoms with E-state index in [9.17, 15) is 0 Å². The SMILES string of the molecule is C=C.CCc1ccccc1.[H-].[H-].[Li+].[Li+]. The normalized spacial score (nSPS) is 6.42. The fourth-order valence-electron chi connectivity index (χ4n) is 0.714. The van der Waals surface area contributed by atoms with Gasteiger partial charge in [-0.3, -0.25) is 0 Å². The first kappa shape index (κ1) is 18.0. The minimum atomic E-state index is 0. The van der Waals surface area contributed by atoms with Gasteiger partial charge in [-0.1, -0.05) is 37.3 Å². The van der Waals surface area contributed by atoms with Crippen LogP contribution in [0.3, 0.4) is 0 Å². The molecule has 1 rings (SSSR count). The predicted molar refractivity (Wildman–Crippen MR) is 49.3 cm³/mol. The molecule has 0 aliphatic carbocycles. The molecule has 0 atom stereocenters. The van der Waals surface area contributed by atoms with Gasteiger partial charge in [-0.25, -0.2) is 0 Å². The molecule has 0 nitrogen and oxygen atoms in total. The molecule has 0 saturated carbocycles. The molecule has 1 aromatic rings. The van der Waals surface area contributed by atoms with Crippen molar-refractivity contribution in [2.75, 3.05) is 0 Å². The Bertz CT molecular complexity index is 169. The van der Waals surface area contributed by atoms with Crippen LogP contribution in [0.4, 0.5) is 0 Å². The van der Waals surface area contributed by atoms with Crippen LogP contribution in [-0.2, 0) is 6.42 Å². The fourth-order valence-corrected chi connectivity index (χ4v) is 0.714. The van der Waals surface area contributed by atoms with E-state index in [2.05, 4.69) is 44.3 Å². The van der Waals surface area contributed by atoms with Gasteiger partial charge in [-0.2, -0.15) is 0 Å². The summed E-state index contributed by atoms with van der Waals surface area (Å²) in [5.74, 6) is 0. The number of benzene rings is 1. The Hall–Kier alpha value is 0.155. The Kier molecular flexibility index (Phi) is 20.6. The van der Waals surface area contributed by atoms with Crippen molar-refractivity contribution in [3.8, 4) is 0 Å². The number of hydrogen-bond acceptors (Lipinski definition) is 0. The first-order chi connectivity index (χ1) is 4.93. The molecule has 0 amide bonds. The molecule has 0 aromatic heterocycles. The zero-order chi connectivity index (χ0) is 7.82. The van der Waals surface area contributed by atoms with Gasteiger partial charge >= 0.3 is 37.7 Å². The van der Waals surface area contributed by atoms with Gasteiger partial charge in [0.25, 0.3) is 0 Å². The van der Waals surface area contributed by atoms with Crippen LogP contribution in [-0.4, -0.2) is 0 Å². The van der Waals surface area contributed by atoms with Gasteiger partial charge in [0.05, 0.1) is 0 Å². The van der Waals surface area contributed by atoms with Crippen LogP contribution in [0.25, 0.3) is 0 Å². The van der Waals surface area contributed by atoms with E-state index in [1.54, 1.807) is 0 Å². The summed E-state index contributed by atoms with van der Waals surface area (Å²) in [6.45, 7) is 8.16. The van der Waals surface area contributed by atoms with E-state index in [1.165, 1.54) is 5.56 Å². The quantitative estimate of drug-likeness (QED) is 0.301. The molecule has 0 saturated heterocycles. The van der Waals surface area contributed by atoms with Gasteiger partial charge in [0.15, 0.2) is 0 Å². The molecule has 0 unspecified atom stereocenters. The maximum Gasteiger partial charge on any atom is 1.00 e. The van der Waals surface area contributed by atoms with E-state index in [-0.39, 0.29) is 40.6 Å². The van der Waals surface area contributed by atoms with Crippen LogP contribution in [0.1, 0.15) is 15.3 Å². The Balaban J connectivity index is -0.0000000425. The molecular weight excluding hydrogens is 134 g/mol. The van der Waals surface area contributed by atoms with Gasteiger partial charge in [0.2, 0.25) is 0 Å². The molecule has 0 heterocycles. The molecule has 0 aliphatic heterocycles. The largest absolute Gasteiger partial charge is 1.00 e. The third kappa shape index (κ3) is 8.25. The standard InChI is InChI=1S/C8H10.C2H4.2Li.2H/c1-2-8-6-4-3-5-7-8;1-2;;;;/h3-7H,2H2,1H3;1-2H2;;;;/q;;2*+1;2*-1. The Morgan fingerprint density at radius 1 is 1.08 bits per heavy atom.